The van der Waals surface area contributed by atoms with E-state index in [1.165, 1.54) is 0 Å². The highest BCUT2D eigenvalue weighted by Gasteiger charge is 2.29. The zero-order chi connectivity index (χ0) is 11.5. The Balaban J connectivity index is 2.65. The van der Waals surface area contributed by atoms with Crippen molar-refractivity contribution < 1.29 is 8.42 Å². The van der Waals surface area contributed by atoms with Gasteiger partial charge in [0.05, 0.1) is 5.75 Å². The fourth-order valence-electron chi connectivity index (χ4n) is 1.81. The molecule has 15 heavy (non-hydrogen) atoms. The second-order valence-corrected chi connectivity index (χ2v) is 6.21. The molecule has 0 amide bonds. The first-order valence-corrected chi connectivity index (χ1v) is 6.95. The summed E-state index contributed by atoms with van der Waals surface area (Å²) in [7, 11) is 0.913. The Morgan fingerprint density at radius 1 is 1.40 bits per heavy atom. The van der Waals surface area contributed by atoms with Crippen LogP contribution in [0.5, 0.6) is 0 Å². The van der Waals surface area contributed by atoms with Crippen LogP contribution in [0.25, 0.3) is 0 Å². The van der Waals surface area contributed by atoms with E-state index in [0.717, 1.165) is 13.1 Å². The second kappa shape index (κ2) is 5.25. The Bertz CT molecular complexity index is 292. The van der Waals surface area contributed by atoms with E-state index in [4.69, 9.17) is 0 Å². The smallest absolute Gasteiger partial charge is 0.213 e. The third-order valence-corrected chi connectivity index (χ3v) is 4.79. The van der Waals surface area contributed by atoms with Gasteiger partial charge in [-0.15, -0.1) is 0 Å². The molecule has 5 nitrogen and oxygen atoms in total. The number of sulfonamides is 1. The van der Waals surface area contributed by atoms with Gasteiger partial charge in [0, 0.05) is 32.2 Å². The molecule has 0 aromatic heterocycles. The molecule has 90 valence electrons. The topological polar surface area (TPSA) is 52.7 Å². The van der Waals surface area contributed by atoms with E-state index in [1.807, 2.05) is 14.1 Å². The summed E-state index contributed by atoms with van der Waals surface area (Å²) in [5, 5.41) is 3.09. The summed E-state index contributed by atoms with van der Waals surface area (Å²) >= 11 is 0. The van der Waals surface area contributed by atoms with Gasteiger partial charge in [-0.05, 0) is 21.0 Å². The molecule has 1 N–H and O–H groups in total. The maximum atomic E-state index is 11.7. The van der Waals surface area contributed by atoms with E-state index >= 15 is 0 Å². The number of nitrogens with one attached hydrogen (secondary N) is 1. The van der Waals surface area contributed by atoms with Gasteiger partial charge >= 0.3 is 0 Å². The van der Waals surface area contributed by atoms with Crippen LogP contribution in [-0.2, 0) is 10.0 Å². The average molecular weight is 235 g/mol. The summed E-state index contributed by atoms with van der Waals surface area (Å²) < 4.78 is 25.0. The van der Waals surface area contributed by atoms with Gasteiger partial charge in [-0.25, -0.2) is 8.42 Å². The molecule has 1 rings (SSSR count). The van der Waals surface area contributed by atoms with E-state index < -0.39 is 10.0 Å². The molecule has 1 saturated heterocycles. The monoisotopic (exact) mass is 235 g/mol. The third-order valence-electron chi connectivity index (χ3n) is 2.94. The molecule has 0 aliphatic carbocycles. The Labute approximate surface area is 92.5 Å². The standard InChI is InChI=1S/C9H21N3O2S/c1-4-15(13,14)12-6-5-11(3)9(8-12)7-10-2/h9-10H,4-8H2,1-3H3. The van der Waals surface area contributed by atoms with Crippen molar-refractivity contribution in [3.8, 4) is 0 Å². The van der Waals surface area contributed by atoms with Crippen LogP contribution in [0.1, 0.15) is 6.92 Å². The lowest BCUT2D eigenvalue weighted by atomic mass is 10.2. The van der Waals surface area contributed by atoms with Crippen molar-refractivity contribution in [3.63, 3.8) is 0 Å². The van der Waals surface area contributed by atoms with Gasteiger partial charge in [0.1, 0.15) is 0 Å². The minimum Gasteiger partial charge on any atom is -0.318 e. The summed E-state index contributed by atoms with van der Waals surface area (Å²) in [5.41, 5.74) is 0. The Kier molecular flexibility index (Phi) is 4.51. The molecule has 1 heterocycles. The van der Waals surface area contributed by atoms with Crippen LogP contribution in [-0.4, -0.2) is 69.7 Å². The van der Waals surface area contributed by atoms with Crippen molar-refractivity contribution in [2.45, 2.75) is 13.0 Å². The molecule has 0 aromatic carbocycles. The van der Waals surface area contributed by atoms with Crippen LogP contribution in [0, 0.1) is 0 Å². The molecule has 0 saturated carbocycles. The first-order chi connectivity index (χ1) is 7.01. The summed E-state index contributed by atoms with van der Waals surface area (Å²) in [4.78, 5) is 2.21. The second-order valence-electron chi connectivity index (χ2n) is 3.95. The van der Waals surface area contributed by atoms with Crippen LogP contribution in [0.4, 0.5) is 0 Å². The number of rotatable bonds is 4. The Morgan fingerprint density at radius 2 is 2.07 bits per heavy atom. The van der Waals surface area contributed by atoms with Gasteiger partial charge in [0.15, 0.2) is 0 Å². The van der Waals surface area contributed by atoms with Gasteiger partial charge in [0.25, 0.3) is 0 Å². The van der Waals surface area contributed by atoms with Crippen LogP contribution < -0.4 is 5.32 Å². The van der Waals surface area contributed by atoms with Crippen molar-refractivity contribution in [1.29, 1.82) is 0 Å². The lowest BCUT2D eigenvalue weighted by Gasteiger charge is -2.38. The number of hydrogen-bond acceptors (Lipinski definition) is 4. The maximum Gasteiger partial charge on any atom is 0.213 e. The average Bonchev–Trinajstić information content (AvgIpc) is 2.21. The SMILES string of the molecule is CCS(=O)(=O)N1CCN(C)C(CNC)C1. The lowest BCUT2D eigenvalue weighted by Crippen LogP contribution is -2.56. The third kappa shape index (κ3) is 3.14. The molecule has 1 unspecified atom stereocenters. The van der Waals surface area contributed by atoms with Crippen LogP contribution in [0.3, 0.4) is 0 Å². The van der Waals surface area contributed by atoms with E-state index in [-0.39, 0.29) is 11.8 Å². The first-order valence-electron chi connectivity index (χ1n) is 5.34. The van der Waals surface area contributed by atoms with Crippen LogP contribution >= 0.6 is 0 Å². The molecule has 1 atom stereocenters. The van der Waals surface area contributed by atoms with Gasteiger partial charge in [0.2, 0.25) is 10.0 Å². The van der Waals surface area contributed by atoms with E-state index in [1.54, 1.807) is 11.2 Å². The van der Waals surface area contributed by atoms with Crippen molar-refractivity contribution in [3.05, 3.63) is 0 Å². The van der Waals surface area contributed by atoms with Crippen molar-refractivity contribution in [2.24, 2.45) is 0 Å². The number of piperazine rings is 1. The van der Waals surface area contributed by atoms with Crippen molar-refractivity contribution in [2.75, 3.05) is 46.0 Å². The minimum atomic E-state index is -3.02. The summed E-state index contributed by atoms with van der Waals surface area (Å²) in [6.07, 6.45) is 0. The molecule has 6 heteroatoms. The minimum absolute atomic E-state index is 0.197. The van der Waals surface area contributed by atoms with E-state index in [2.05, 4.69) is 10.2 Å². The summed E-state index contributed by atoms with van der Waals surface area (Å²) in [5.74, 6) is 0.197. The lowest BCUT2D eigenvalue weighted by molar-refractivity contribution is 0.147. The molecule has 0 aromatic rings. The number of hydrogen-bond donors (Lipinski definition) is 1. The van der Waals surface area contributed by atoms with Crippen molar-refractivity contribution in [1.82, 2.24) is 14.5 Å². The summed E-state index contributed by atoms with van der Waals surface area (Å²) in [6, 6.07) is 0.282. The molecular weight excluding hydrogens is 214 g/mol. The molecule has 1 aliphatic rings. The van der Waals surface area contributed by atoms with E-state index in [0.29, 0.717) is 13.1 Å². The van der Waals surface area contributed by atoms with Gasteiger partial charge < -0.3 is 5.32 Å². The largest absolute Gasteiger partial charge is 0.318 e. The highest BCUT2D eigenvalue weighted by Crippen LogP contribution is 2.11. The fraction of sp³-hybridized carbons (Fsp3) is 1.00. The molecule has 0 spiro atoms. The molecule has 0 bridgehead atoms. The zero-order valence-electron chi connectivity index (χ0n) is 9.73. The fourth-order valence-corrected chi connectivity index (χ4v) is 2.93. The molecule has 1 fully saturated rings. The Hall–Kier alpha value is -0.170. The highest BCUT2D eigenvalue weighted by atomic mass is 32.2. The first kappa shape index (κ1) is 12.9. The quantitative estimate of drug-likeness (QED) is 0.691. The highest BCUT2D eigenvalue weighted by molar-refractivity contribution is 7.89. The predicted octanol–water partition coefficient (Wildman–Crippen LogP) is -0.828. The van der Waals surface area contributed by atoms with Crippen LogP contribution in [0.15, 0.2) is 0 Å². The number of nitrogens with zero attached hydrogens (tertiary/aromatic N) is 2. The summed E-state index contributed by atoms with van der Waals surface area (Å²) in [6.45, 7) is 4.55. The van der Waals surface area contributed by atoms with Crippen molar-refractivity contribution >= 4 is 10.0 Å². The predicted molar refractivity (Wildman–Crippen MR) is 61.4 cm³/mol. The van der Waals surface area contributed by atoms with Gasteiger partial charge in [-0.2, -0.15) is 4.31 Å². The Morgan fingerprint density at radius 3 is 2.60 bits per heavy atom. The molecule has 0 radical (unpaired) electrons. The number of likely N-dealkylation sites (N-methyl/N-ethyl adjacent to an activating group) is 2. The van der Waals surface area contributed by atoms with Crippen LogP contribution in [0.2, 0.25) is 0 Å². The molecular formula is C9H21N3O2S. The van der Waals surface area contributed by atoms with Gasteiger partial charge in [-0.3, -0.25) is 4.90 Å². The van der Waals surface area contributed by atoms with Gasteiger partial charge in [-0.1, -0.05) is 0 Å². The maximum absolute atomic E-state index is 11.7. The zero-order valence-corrected chi connectivity index (χ0v) is 10.5. The normalized spacial score (nSPS) is 25.7. The molecule has 1 aliphatic heterocycles. The van der Waals surface area contributed by atoms with E-state index in [9.17, 15) is 8.42 Å².